The number of ether oxygens (including phenoxy) is 1. The molecule has 4 nitrogen and oxygen atoms in total. The number of likely N-dealkylation sites (tertiary alicyclic amines) is 1. The van der Waals surface area contributed by atoms with Crippen molar-refractivity contribution < 1.29 is 13.9 Å². The molecule has 1 aliphatic heterocycles. The van der Waals surface area contributed by atoms with Crippen LogP contribution in [0.25, 0.3) is 0 Å². The summed E-state index contributed by atoms with van der Waals surface area (Å²) in [6, 6.07) is 5.93. The number of hydrogen-bond donors (Lipinski definition) is 1. The van der Waals surface area contributed by atoms with E-state index in [-0.39, 0.29) is 35.6 Å². The average molecular weight is 331 g/mol. The number of benzene rings is 1. The number of nitrogens with zero attached hydrogens (tertiary/aromatic N) is 1. The highest BCUT2D eigenvalue weighted by Crippen LogP contribution is 2.27. The monoisotopic (exact) mass is 330 g/mol. The lowest BCUT2D eigenvalue weighted by Crippen LogP contribution is -2.54. The highest BCUT2D eigenvalue weighted by molar-refractivity contribution is 5.85. The van der Waals surface area contributed by atoms with E-state index in [4.69, 9.17) is 10.5 Å². The van der Waals surface area contributed by atoms with Crippen LogP contribution in [0.1, 0.15) is 26.7 Å². The summed E-state index contributed by atoms with van der Waals surface area (Å²) in [5.74, 6) is 0.354. The van der Waals surface area contributed by atoms with Crippen LogP contribution in [-0.4, -0.2) is 36.5 Å². The molecule has 6 heteroatoms. The quantitative estimate of drug-likeness (QED) is 0.923. The van der Waals surface area contributed by atoms with E-state index in [2.05, 4.69) is 13.8 Å². The van der Waals surface area contributed by atoms with E-state index < -0.39 is 0 Å². The number of piperidine rings is 1. The first-order valence-electron chi connectivity index (χ1n) is 7.30. The number of nitrogens with two attached hydrogens (primary N) is 1. The van der Waals surface area contributed by atoms with Gasteiger partial charge in [-0.25, -0.2) is 4.39 Å². The van der Waals surface area contributed by atoms with Crippen molar-refractivity contribution >= 4 is 18.3 Å². The maximum absolute atomic E-state index is 12.8. The van der Waals surface area contributed by atoms with E-state index in [0.29, 0.717) is 31.9 Å². The minimum atomic E-state index is -0.301. The lowest BCUT2D eigenvalue weighted by Gasteiger charge is -2.42. The van der Waals surface area contributed by atoms with E-state index in [9.17, 15) is 9.18 Å². The molecule has 2 rings (SSSR count). The summed E-state index contributed by atoms with van der Waals surface area (Å²) in [6.45, 7) is 5.87. The molecule has 1 saturated heterocycles. The van der Waals surface area contributed by atoms with E-state index in [1.54, 1.807) is 12.1 Å². The molecule has 1 aromatic carbocycles. The SMILES string of the molecule is CC1(C)CN(C(=O)CCOc2ccc(F)cc2)CCC1N.Cl. The van der Waals surface area contributed by atoms with Gasteiger partial charge in [-0.15, -0.1) is 12.4 Å². The Morgan fingerprint density at radius 2 is 2.05 bits per heavy atom. The van der Waals surface area contributed by atoms with Gasteiger partial charge in [0.05, 0.1) is 13.0 Å². The minimum Gasteiger partial charge on any atom is -0.493 e. The van der Waals surface area contributed by atoms with Crippen molar-refractivity contribution in [3.8, 4) is 5.75 Å². The first-order valence-corrected chi connectivity index (χ1v) is 7.30. The standard InChI is InChI=1S/C16H23FN2O2.ClH/c1-16(2)11-19(9-7-14(16)18)15(20)8-10-21-13-5-3-12(17)4-6-13;/h3-6,14H,7-11,18H2,1-2H3;1H. The highest BCUT2D eigenvalue weighted by atomic mass is 35.5. The van der Waals surface area contributed by atoms with Crippen molar-refractivity contribution in [1.29, 1.82) is 0 Å². The van der Waals surface area contributed by atoms with Crippen LogP contribution in [-0.2, 0) is 4.79 Å². The normalized spacial score (nSPS) is 20.2. The summed E-state index contributed by atoms with van der Waals surface area (Å²) >= 11 is 0. The van der Waals surface area contributed by atoms with Crippen molar-refractivity contribution in [2.45, 2.75) is 32.7 Å². The van der Waals surface area contributed by atoms with Crippen LogP contribution in [0.3, 0.4) is 0 Å². The van der Waals surface area contributed by atoms with Crippen LogP contribution in [0.5, 0.6) is 5.75 Å². The molecule has 1 heterocycles. The fourth-order valence-corrected chi connectivity index (χ4v) is 2.53. The van der Waals surface area contributed by atoms with Crippen molar-refractivity contribution in [2.24, 2.45) is 11.1 Å². The van der Waals surface area contributed by atoms with Gasteiger partial charge in [0.2, 0.25) is 5.91 Å². The van der Waals surface area contributed by atoms with Gasteiger partial charge < -0.3 is 15.4 Å². The third kappa shape index (κ3) is 4.85. The van der Waals surface area contributed by atoms with Crippen LogP contribution >= 0.6 is 12.4 Å². The smallest absolute Gasteiger partial charge is 0.226 e. The zero-order valence-electron chi connectivity index (χ0n) is 13.0. The third-order valence-corrected chi connectivity index (χ3v) is 4.06. The van der Waals surface area contributed by atoms with Crippen molar-refractivity contribution in [3.05, 3.63) is 30.1 Å². The first-order chi connectivity index (χ1) is 9.88. The molecule has 1 aromatic rings. The minimum absolute atomic E-state index is 0. The molecule has 1 aliphatic rings. The van der Waals surface area contributed by atoms with E-state index in [0.717, 1.165) is 6.42 Å². The second-order valence-corrected chi connectivity index (χ2v) is 6.25. The molecule has 1 atom stereocenters. The Hall–Kier alpha value is -1.33. The number of halogens is 2. The fourth-order valence-electron chi connectivity index (χ4n) is 2.53. The van der Waals surface area contributed by atoms with Gasteiger partial charge in [0.25, 0.3) is 0 Å². The van der Waals surface area contributed by atoms with Gasteiger partial charge in [-0.3, -0.25) is 4.79 Å². The predicted molar refractivity (Wildman–Crippen MR) is 86.7 cm³/mol. The van der Waals surface area contributed by atoms with Gasteiger partial charge in [0, 0.05) is 19.1 Å². The summed E-state index contributed by atoms with van der Waals surface area (Å²) in [6.07, 6.45) is 1.15. The highest BCUT2D eigenvalue weighted by Gasteiger charge is 2.35. The average Bonchev–Trinajstić information content (AvgIpc) is 2.44. The molecule has 1 unspecified atom stereocenters. The summed E-state index contributed by atoms with van der Waals surface area (Å²) < 4.78 is 18.2. The number of rotatable bonds is 4. The number of carbonyl (C=O) groups excluding carboxylic acids is 1. The molecule has 124 valence electrons. The predicted octanol–water partition coefficient (Wildman–Crippen LogP) is 2.60. The van der Waals surface area contributed by atoms with E-state index in [1.807, 2.05) is 4.90 Å². The van der Waals surface area contributed by atoms with Gasteiger partial charge in [0.1, 0.15) is 11.6 Å². The molecule has 0 aromatic heterocycles. The molecule has 0 aliphatic carbocycles. The van der Waals surface area contributed by atoms with Gasteiger partial charge in [-0.05, 0) is 36.1 Å². The molecule has 0 radical (unpaired) electrons. The van der Waals surface area contributed by atoms with Gasteiger partial charge in [-0.1, -0.05) is 13.8 Å². The maximum Gasteiger partial charge on any atom is 0.226 e. The van der Waals surface area contributed by atoms with Gasteiger partial charge >= 0.3 is 0 Å². The van der Waals surface area contributed by atoms with Crippen LogP contribution in [0.15, 0.2) is 24.3 Å². The Morgan fingerprint density at radius 3 is 2.64 bits per heavy atom. The summed E-state index contributed by atoms with van der Waals surface area (Å²) in [4.78, 5) is 14.0. The zero-order valence-corrected chi connectivity index (χ0v) is 13.9. The lowest BCUT2D eigenvalue weighted by atomic mass is 9.79. The summed E-state index contributed by atoms with van der Waals surface area (Å²) in [5.41, 5.74) is 6.02. The second kappa shape index (κ2) is 7.79. The lowest BCUT2D eigenvalue weighted by molar-refractivity contribution is -0.135. The largest absolute Gasteiger partial charge is 0.493 e. The van der Waals surface area contributed by atoms with Gasteiger partial charge in [-0.2, -0.15) is 0 Å². The Balaban J connectivity index is 0.00000242. The molecular formula is C16H24ClFN2O2. The molecule has 0 bridgehead atoms. The molecule has 22 heavy (non-hydrogen) atoms. The second-order valence-electron chi connectivity index (χ2n) is 6.25. The molecule has 0 spiro atoms. The summed E-state index contributed by atoms with van der Waals surface area (Å²) in [7, 11) is 0. The molecule has 0 saturated carbocycles. The van der Waals surface area contributed by atoms with Crippen LogP contribution < -0.4 is 10.5 Å². The molecule has 2 N–H and O–H groups in total. The van der Waals surface area contributed by atoms with Gasteiger partial charge in [0.15, 0.2) is 0 Å². The van der Waals surface area contributed by atoms with E-state index in [1.165, 1.54) is 12.1 Å². The molecule has 1 fully saturated rings. The Bertz CT molecular complexity index is 493. The maximum atomic E-state index is 12.8. The fraction of sp³-hybridized carbons (Fsp3) is 0.562. The van der Waals surface area contributed by atoms with E-state index >= 15 is 0 Å². The Kier molecular flexibility index (Phi) is 6.63. The van der Waals surface area contributed by atoms with Crippen molar-refractivity contribution in [2.75, 3.05) is 19.7 Å². The van der Waals surface area contributed by atoms with Crippen molar-refractivity contribution in [1.82, 2.24) is 4.90 Å². The number of amides is 1. The Labute approximate surface area is 137 Å². The molecular weight excluding hydrogens is 307 g/mol. The number of hydrogen-bond acceptors (Lipinski definition) is 3. The third-order valence-electron chi connectivity index (χ3n) is 4.06. The molecule has 1 amide bonds. The van der Waals surface area contributed by atoms with Crippen LogP contribution in [0, 0.1) is 11.2 Å². The van der Waals surface area contributed by atoms with Crippen LogP contribution in [0.2, 0.25) is 0 Å². The summed E-state index contributed by atoms with van der Waals surface area (Å²) in [5, 5.41) is 0. The Morgan fingerprint density at radius 1 is 1.41 bits per heavy atom. The number of carbonyl (C=O) groups is 1. The zero-order chi connectivity index (χ0) is 15.5. The topological polar surface area (TPSA) is 55.6 Å². The van der Waals surface area contributed by atoms with Crippen LogP contribution in [0.4, 0.5) is 4.39 Å². The van der Waals surface area contributed by atoms with Crippen molar-refractivity contribution in [3.63, 3.8) is 0 Å². The first kappa shape index (κ1) is 18.7.